The van der Waals surface area contributed by atoms with Crippen LogP contribution in [0.25, 0.3) is 10.9 Å². The number of aromatic nitrogens is 2. The highest BCUT2D eigenvalue weighted by atomic mass is 35.5. The van der Waals surface area contributed by atoms with Gasteiger partial charge in [-0.05, 0) is 48.0 Å². The SMILES string of the molecule is O=c1ccc2cc(OCc3ccc(NCc4ccc(Cl)c(Cl)c4)nc3)ccc2[nH]1. The highest BCUT2D eigenvalue weighted by molar-refractivity contribution is 6.42. The molecule has 0 saturated heterocycles. The van der Waals surface area contributed by atoms with Gasteiger partial charge in [0.05, 0.1) is 10.0 Å². The summed E-state index contributed by atoms with van der Waals surface area (Å²) < 4.78 is 5.84. The van der Waals surface area contributed by atoms with E-state index in [2.05, 4.69) is 15.3 Å². The first-order chi connectivity index (χ1) is 14.1. The Labute approximate surface area is 177 Å². The molecule has 0 radical (unpaired) electrons. The minimum absolute atomic E-state index is 0.120. The molecule has 0 aliphatic carbocycles. The minimum atomic E-state index is -0.120. The van der Waals surface area contributed by atoms with E-state index in [1.54, 1.807) is 18.3 Å². The Morgan fingerprint density at radius 3 is 2.59 bits per heavy atom. The molecule has 0 saturated carbocycles. The van der Waals surface area contributed by atoms with Crippen molar-refractivity contribution >= 4 is 39.9 Å². The van der Waals surface area contributed by atoms with Gasteiger partial charge < -0.3 is 15.0 Å². The average molecular weight is 426 g/mol. The van der Waals surface area contributed by atoms with E-state index >= 15 is 0 Å². The number of hydrogen-bond acceptors (Lipinski definition) is 4. The maximum Gasteiger partial charge on any atom is 0.248 e. The first-order valence-corrected chi connectivity index (χ1v) is 9.71. The van der Waals surface area contributed by atoms with Crippen molar-refractivity contribution in [3.8, 4) is 5.75 Å². The van der Waals surface area contributed by atoms with Crippen LogP contribution in [0.5, 0.6) is 5.75 Å². The zero-order chi connectivity index (χ0) is 20.2. The number of rotatable bonds is 6. The molecule has 2 N–H and O–H groups in total. The molecule has 0 aliphatic rings. The molecule has 2 aromatic heterocycles. The van der Waals surface area contributed by atoms with Crippen molar-refractivity contribution in [2.45, 2.75) is 13.2 Å². The monoisotopic (exact) mass is 425 g/mol. The third-order valence-electron chi connectivity index (χ3n) is 4.38. The Hall–Kier alpha value is -3.02. The summed E-state index contributed by atoms with van der Waals surface area (Å²) in [7, 11) is 0. The van der Waals surface area contributed by atoms with Crippen molar-refractivity contribution in [1.82, 2.24) is 9.97 Å². The molecule has 0 spiro atoms. The van der Waals surface area contributed by atoms with Crippen molar-refractivity contribution in [3.05, 3.63) is 98.4 Å². The summed E-state index contributed by atoms with van der Waals surface area (Å²) in [5, 5.41) is 5.24. The third-order valence-corrected chi connectivity index (χ3v) is 5.12. The van der Waals surface area contributed by atoms with Gasteiger partial charge in [0.2, 0.25) is 5.56 Å². The summed E-state index contributed by atoms with van der Waals surface area (Å²) in [4.78, 5) is 18.6. The quantitative estimate of drug-likeness (QED) is 0.432. The van der Waals surface area contributed by atoms with E-state index in [1.165, 1.54) is 6.07 Å². The van der Waals surface area contributed by atoms with E-state index in [0.717, 1.165) is 33.6 Å². The Morgan fingerprint density at radius 1 is 0.931 bits per heavy atom. The fourth-order valence-corrected chi connectivity index (χ4v) is 3.17. The van der Waals surface area contributed by atoms with E-state index in [4.69, 9.17) is 27.9 Å². The molecule has 5 nitrogen and oxygen atoms in total. The molecule has 29 heavy (non-hydrogen) atoms. The van der Waals surface area contributed by atoms with Gasteiger partial charge in [0.25, 0.3) is 0 Å². The minimum Gasteiger partial charge on any atom is -0.489 e. The lowest BCUT2D eigenvalue weighted by molar-refractivity contribution is 0.306. The third kappa shape index (κ3) is 4.88. The number of benzene rings is 2. The molecule has 0 bridgehead atoms. The highest BCUT2D eigenvalue weighted by Gasteiger charge is 2.03. The number of pyridine rings is 2. The largest absolute Gasteiger partial charge is 0.489 e. The summed E-state index contributed by atoms with van der Waals surface area (Å²) in [5.74, 6) is 1.49. The number of fused-ring (bicyclic) bond motifs is 1. The second-order valence-electron chi connectivity index (χ2n) is 6.51. The Bertz CT molecular complexity index is 1210. The van der Waals surface area contributed by atoms with Gasteiger partial charge in [0.15, 0.2) is 0 Å². The van der Waals surface area contributed by atoms with Crippen molar-refractivity contribution < 1.29 is 4.74 Å². The summed E-state index contributed by atoms with van der Waals surface area (Å²) in [6.45, 7) is 0.994. The van der Waals surface area contributed by atoms with Crippen LogP contribution >= 0.6 is 23.2 Å². The Morgan fingerprint density at radius 2 is 1.79 bits per heavy atom. The number of ether oxygens (including phenoxy) is 1. The maximum atomic E-state index is 11.4. The first kappa shape index (κ1) is 19.3. The van der Waals surface area contributed by atoms with Crippen LogP contribution in [0.3, 0.4) is 0 Å². The van der Waals surface area contributed by atoms with Crippen LogP contribution in [0.2, 0.25) is 10.0 Å². The molecule has 4 rings (SSSR count). The van der Waals surface area contributed by atoms with Crippen LogP contribution in [0.4, 0.5) is 5.82 Å². The predicted molar refractivity (Wildman–Crippen MR) is 117 cm³/mol. The zero-order valence-corrected chi connectivity index (χ0v) is 16.8. The number of anilines is 1. The summed E-state index contributed by atoms with van der Waals surface area (Å²) >= 11 is 12.0. The lowest BCUT2D eigenvalue weighted by Crippen LogP contribution is -2.03. The highest BCUT2D eigenvalue weighted by Crippen LogP contribution is 2.23. The summed E-state index contributed by atoms with van der Waals surface area (Å²) in [6, 6.07) is 18.2. The molecule has 2 heterocycles. The smallest absolute Gasteiger partial charge is 0.248 e. The first-order valence-electron chi connectivity index (χ1n) is 8.95. The number of nitrogens with one attached hydrogen (secondary N) is 2. The molecule has 0 amide bonds. The number of H-pyrrole nitrogens is 1. The lowest BCUT2D eigenvalue weighted by atomic mass is 10.2. The van der Waals surface area contributed by atoms with E-state index in [-0.39, 0.29) is 5.56 Å². The fraction of sp³-hybridized carbons (Fsp3) is 0.0909. The van der Waals surface area contributed by atoms with Crippen molar-refractivity contribution in [1.29, 1.82) is 0 Å². The van der Waals surface area contributed by atoms with E-state index in [9.17, 15) is 4.79 Å². The molecule has 0 unspecified atom stereocenters. The van der Waals surface area contributed by atoms with Crippen molar-refractivity contribution in [2.24, 2.45) is 0 Å². The molecule has 2 aromatic carbocycles. The fourth-order valence-electron chi connectivity index (χ4n) is 2.85. The summed E-state index contributed by atoms with van der Waals surface area (Å²) in [5.41, 5.74) is 2.63. The van der Waals surface area contributed by atoms with Gasteiger partial charge in [0.1, 0.15) is 18.2 Å². The lowest BCUT2D eigenvalue weighted by Gasteiger charge is -2.09. The van der Waals surface area contributed by atoms with Gasteiger partial charge in [-0.1, -0.05) is 35.3 Å². The standard InChI is InChI=1S/C22H17Cl2N3O2/c23-18-5-1-14(9-19(18)24)11-25-21-7-2-15(12-26-21)13-29-17-4-6-20-16(10-17)3-8-22(28)27-20/h1-10,12H,11,13H2,(H,25,26)(H,27,28). The van der Waals surface area contributed by atoms with Crippen LogP contribution < -0.4 is 15.6 Å². The van der Waals surface area contributed by atoms with Gasteiger partial charge in [-0.15, -0.1) is 0 Å². The average Bonchev–Trinajstić information content (AvgIpc) is 2.74. The summed E-state index contributed by atoms with van der Waals surface area (Å²) in [6.07, 6.45) is 1.77. The van der Waals surface area contributed by atoms with Gasteiger partial charge in [-0.25, -0.2) is 4.98 Å². The van der Waals surface area contributed by atoms with Gasteiger partial charge in [-0.2, -0.15) is 0 Å². The Kier molecular flexibility index (Phi) is 5.69. The number of halogens is 2. The second kappa shape index (κ2) is 8.55. The van der Waals surface area contributed by atoms with Crippen molar-refractivity contribution in [3.63, 3.8) is 0 Å². The van der Waals surface area contributed by atoms with Gasteiger partial charge in [0, 0.05) is 35.3 Å². The van der Waals surface area contributed by atoms with E-state index in [0.29, 0.717) is 23.2 Å². The van der Waals surface area contributed by atoms with E-state index < -0.39 is 0 Å². The molecule has 0 fully saturated rings. The van der Waals surface area contributed by atoms with Crippen molar-refractivity contribution in [2.75, 3.05) is 5.32 Å². The van der Waals surface area contributed by atoms with Crippen LogP contribution in [0, 0.1) is 0 Å². The molecule has 0 aliphatic heterocycles. The predicted octanol–water partition coefficient (Wildman–Crippen LogP) is 5.42. The van der Waals surface area contributed by atoms with E-state index in [1.807, 2.05) is 42.5 Å². The second-order valence-corrected chi connectivity index (χ2v) is 7.33. The normalized spacial score (nSPS) is 10.8. The Balaban J connectivity index is 1.35. The molecule has 146 valence electrons. The molecular formula is C22H17Cl2N3O2. The van der Waals surface area contributed by atoms with Gasteiger partial charge in [-0.3, -0.25) is 4.79 Å². The van der Waals surface area contributed by atoms with Gasteiger partial charge >= 0.3 is 0 Å². The zero-order valence-electron chi connectivity index (χ0n) is 15.3. The van der Waals surface area contributed by atoms with Crippen LogP contribution in [-0.2, 0) is 13.2 Å². The number of hydrogen-bond donors (Lipinski definition) is 2. The van der Waals surface area contributed by atoms with Crippen LogP contribution in [0.15, 0.2) is 71.7 Å². The molecular weight excluding hydrogens is 409 g/mol. The molecule has 7 heteroatoms. The number of aromatic amines is 1. The van der Waals surface area contributed by atoms with Crippen LogP contribution in [0.1, 0.15) is 11.1 Å². The van der Waals surface area contributed by atoms with Crippen LogP contribution in [-0.4, -0.2) is 9.97 Å². The maximum absolute atomic E-state index is 11.4. The molecule has 0 atom stereocenters. The number of nitrogens with zero attached hydrogens (tertiary/aromatic N) is 1. The molecule has 4 aromatic rings. The topological polar surface area (TPSA) is 67.0 Å².